The van der Waals surface area contributed by atoms with Crippen LogP contribution >= 0.6 is 0 Å². The number of carbonyl (C=O) groups excluding carboxylic acids is 1. The highest BCUT2D eigenvalue weighted by Crippen LogP contribution is 2.18. The van der Waals surface area contributed by atoms with Crippen LogP contribution in [0.2, 0.25) is 0 Å². The van der Waals surface area contributed by atoms with Gasteiger partial charge in [0, 0.05) is 6.54 Å². The van der Waals surface area contributed by atoms with Crippen LogP contribution in [-0.2, 0) is 22.6 Å². The molecule has 0 atom stereocenters. The van der Waals surface area contributed by atoms with Gasteiger partial charge in [-0.2, -0.15) is 0 Å². The van der Waals surface area contributed by atoms with E-state index in [4.69, 9.17) is 4.74 Å². The Morgan fingerprint density at radius 3 is 2.75 bits per heavy atom. The standard InChI is InChI=1S/C17H19N5O2/c1-12(2)24-14(23)9-22-11-21-15-16(19-10-20-17(15)22)18-8-13-6-4-3-5-7-13/h3-7,10-12H,8-9H2,1-2H3,(H,18,19,20). The number of benzene rings is 1. The van der Waals surface area contributed by atoms with Crippen molar-refractivity contribution in [3.05, 3.63) is 48.5 Å². The van der Waals surface area contributed by atoms with Gasteiger partial charge in [0.05, 0.1) is 12.4 Å². The van der Waals surface area contributed by atoms with Gasteiger partial charge in [-0.15, -0.1) is 0 Å². The van der Waals surface area contributed by atoms with Crippen molar-refractivity contribution < 1.29 is 9.53 Å². The number of nitrogens with zero attached hydrogens (tertiary/aromatic N) is 4. The molecule has 2 heterocycles. The molecule has 0 aliphatic carbocycles. The zero-order chi connectivity index (χ0) is 16.9. The molecule has 7 heteroatoms. The van der Waals surface area contributed by atoms with Crippen LogP contribution in [0.4, 0.5) is 5.82 Å². The number of anilines is 1. The van der Waals surface area contributed by atoms with Gasteiger partial charge in [0.25, 0.3) is 0 Å². The van der Waals surface area contributed by atoms with Crippen molar-refractivity contribution in [1.82, 2.24) is 19.5 Å². The lowest BCUT2D eigenvalue weighted by atomic mass is 10.2. The number of esters is 1. The van der Waals surface area contributed by atoms with Crippen LogP contribution in [-0.4, -0.2) is 31.6 Å². The summed E-state index contributed by atoms with van der Waals surface area (Å²) in [4.78, 5) is 24.6. The highest BCUT2D eigenvalue weighted by Gasteiger charge is 2.13. The van der Waals surface area contributed by atoms with Gasteiger partial charge in [-0.1, -0.05) is 30.3 Å². The van der Waals surface area contributed by atoms with Crippen molar-refractivity contribution in [3.8, 4) is 0 Å². The molecule has 0 radical (unpaired) electrons. The molecule has 0 saturated heterocycles. The number of fused-ring (bicyclic) bond motifs is 1. The van der Waals surface area contributed by atoms with E-state index in [1.54, 1.807) is 10.9 Å². The molecule has 2 aromatic heterocycles. The molecule has 0 unspecified atom stereocenters. The van der Waals surface area contributed by atoms with E-state index in [2.05, 4.69) is 20.3 Å². The fourth-order valence-electron chi connectivity index (χ4n) is 2.35. The second kappa shape index (κ2) is 7.08. The van der Waals surface area contributed by atoms with Crippen molar-refractivity contribution in [1.29, 1.82) is 0 Å². The zero-order valence-electron chi connectivity index (χ0n) is 13.6. The van der Waals surface area contributed by atoms with E-state index in [9.17, 15) is 4.79 Å². The molecule has 3 rings (SSSR count). The van der Waals surface area contributed by atoms with Gasteiger partial charge in [0.1, 0.15) is 18.4 Å². The largest absolute Gasteiger partial charge is 0.462 e. The Hall–Kier alpha value is -2.96. The van der Waals surface area contributed by atoms with Gasteiger partial charge in [-0.3, -0.25) is 4.79 Å². The van der Waals surface area contributed by atoms with Crippen LogP contribution in [0.3, 0.4) is 0 Å². The van der Waals surface area contributed by atoms with Gasteiger partial charge >= 0.3 is 5.97 Å². The van der Waals surface area contributed by atoms with Gasteiger partial charge in [-0.05, 0) is 19.4 Å². The third kappa shape index (κ3) is 3.68. The fourth-order valence-corrected chi connectivity index (χ4v) is 2.35. The topological polar surface area (TPSA) is 81.9 Å². The normalized spacial score (nSPS) is 11.0. The lowest BCUT2D eigenvalue weighted by Gasteiger charge is -2.09. The smallest absolute Gasteiger partial charge is 0.326 e. The predicted octanol–water partition coefficient (Wildman–Crippen LogP) is 2.39. The monoisotopic (exact) mass is 325 g/mol. The predicted molar refractivity (Wildman–Crippen MR) is 90.3 cm³/mol. The van der Waals surface area contributed by atoms with Crippen molar-refractivity contribution in [3.63, 3.8) is 0 Å². The summed E-state index contributed by atoms with van der Waals surface area (Å²) in [6, 6.07) is 10.0. The Balaban J connectivity index is 1.77. The van der Waals surface area contributed by atoms with Crippen LogP contribution in [0.5, 0.6) is 0 Å². The molecular formula is C17H19N5O2. The third-order valence-electron chi connectivity index (χ3n) is 3.37. The van der Waals surface area contributed by atoms with E-state index < -0.39 is 0 Å². The Bertz CT molecular complexity index is 829. The van der Waals surface area contributed by atoms with Crippen molar-refractivity contribution in [2.24, 2.45) is 0 Å². The summed E-state index contributed by atoms with van der Waals surface area (Å²) in [5.74, 6) is 0.321. The summed E-state index contributed by atoms with van der Waals surface area (Å²) in [7, 11) is 0. The summed E-state index contributed by atoms with van der Waals surface area (Å²) in [5.41, 5.74) is 2.37. The first-order valence-corrected chi connectivity index (χ1v) is 7.76. The van der Waals surface area contributed by atoms with Gasteiger partial charge < -0.3 is 14.6 Å². The first-order valence-electron chi connectivity index (χ1n) is 7.76. The van der Waals surface area contributed by atoms with E-state index >= 15 is 0 Å². The molecule has 0 bridgehead atoms. The number of ether oxygens (including phenoxy) is 1. The second-order valence-electron chi connectivity index (χ2n) is 5.64. The quantitative estimate of drug-likeness (QED) is 0.701. The molecule has 0 aliphatic rings. The first-order chi connectivity index (χ1) is 11.6. The zero-order valence-corrected chi connectivity index (χ0v) is 13.6. The number of hydrogen-bond acceptors (Lipinski definition) is 6. The first kappa shape index (κ1) is 15.9. The second-order valence-corrected chi connectivity index (χ2v) is 5.64. The fraction of sp³-hybridized carbons (Fsp3) is 0.294. The summed E-state index contributed by atoms with van der Waals surface area (Å²) in [6.45, 7) is 4.34. The molecule has 124 valence electrons. The summed E-state index contributed by atoms with van der Waals surface area (Å²) in [6.07, 6.45) is 2.89. The maximum absolute atomic E-state index is 11.8. The number of nitrogens with one attached hydrogen (secondary N) is 1. The van der Waals surface area contributed by atoms with E-state index in [1.807, 2.05) is 44.2 Å². The summed E-state index contributed by atoms with van der Waals surface area (Å²) in [5, 5.41) is 3.26. The number of carbonyl (C=O) groups is 1. The summed E-state index contributed by atoms with van der Waals surface area (Å²) < 4.78 is 6.82. The maximum atomic E-state index is 11.8. The molecule has 1 N–H and O–H groups in total. The van der Waals surface area contributed by atoms with Crippen molar-refractivity contribution in [2.45, 2.75) is 33.0 Å². The lowest BCUT2D eigenvalue weighted by molar-refractivity contribution is -0.148. The Kier molecular flexibility index (Phi) is 4.69. The van der Waals surface area contributed by atoms with Gasteiger partial charge in [0.2, 0.25) is 0 Å². The van der Waals surface area contributed by atoms with Gasteiger partial charge in [0.15, 0.2) is 11.5 Å². The number of rotatable bonds is 6. The van der Waals surface area contributed by atoms with Crippen LogP contribution in [0.1, 0.15) is 19.4 Å². The minimum atomic E-state index is -0.318. The van der Waals surface area contributed by atoms with E-state index in [-0.39, 0.29) is 18.6 Å². The average Bonchev–Trinajstić information content (AvgIpc) is 2.97. The maximum Gasteiger partial charge on any atom is 0.326 e. The van der Waals surface area contributed by atoms with Gasteiger partial charge in [-0.25, -0.2) is 15.0 Å². The Morgan fingerprint density at radius 2 is 2.00 bits per heavy atom. The average molecular weight is 325 g/mol. The highest BCUT2D eigenvalue weighted by molar-refractivity contribution is 5.83. The summed E-state index contributed by atoms with van der Waals surface area (Å²) >= 11 is 0. The van der Waals surface area contributed by atoms with Crippen molar-refractivity contribution in [2.75, 3.05) is 5.32 Å². The van der Waals surface area contributed by atoms with E-state index in [1.165, 1.54) is 6.33 Å². The molecule has 0 aliphatic heterocycles. The molecule has 0 saturated carbocycles. The molecular weight excluding hydrogens is 306 g/mol. The van der Waals surface area contributed by atoms with Crippen molar-refractivity contribution >= 4 is 23.0 Å². The van der Waals surface area contributed by atoms with Crippen LogP contribution in [0.15, 0.2) is 43.0 Å². The Labute approximate surface area is 139 Å². The molecule has 0 amide bonds. The molecule has 1 aromatic carbocycles. The molecule has 0 fully saturated rings. The molecule has 7 nitrogen and oxygen atoms in total. The minimum Gasteiger partial charge on any atom is -0.462 e. The molecule has 24 heavy (non-hydrogen) atoms. The number of aromatic nitrogens is 4. The number of hydrogen-bond donors (Lipinski definition) is 1. The number of imidazole rings is 1. The van der Waals surface area contributed by atoms with Crippen LogP contribution in [0.25, 0.3) is 11.2 Å². The third-order valence-corrected chi connectivity index (χ3v) is 3.37. The van der Waals surface area contributed by atoms with E-state index in [0.717, 1.165) is 5.56 Å². The molecule has 0 spiro atoms. The SMILES string of the molecule is CC(C)OC(=O)Cn1cnc2c(NCc3ccccc3)ncnc21. The van der Waals surface area contributed by atoms with Crippen LogP contribution < -0.4 is 5.32 Å². The Morgan fingerprint density at radius 1 is 1.21 bits per heavy atom. The lowest BCUT2D eigenvalue weighted by Crippen LogP contribution is -2.17. The molecule has 3 aromatic rings. The minimum absolute atomic E-state index is 0.0732. The van der Waals surface area contributed by atoms with Crippen LogP contribution in [0, 0.1) is 0 Å². The highest BCUT2D eigenvalue weighted by atomic mass is 16.5. The van der Waals surface area contributed by atoms with E-state index in [0.29, 0.717) is 23.5 Å².